The third-order valence-corrected chi connectivity index (χ3v) is 7.61. The Kier molecular flexibility index (Phi) is 5.63. The zero-order valence-corrected chi connectivity index (χ0v) is 16.4. The van der Waals surface area contributed by atoms with E-state index in [9.17, 15) is 13.2 Å². The van der Waals surface area contributed by atoms with E-state index >= 15 is 0 Å². The molecular formula is C17H22Cl2N2O3S. The first-order valence-electron chi connectivity index (χ1n) is 8.53. The Bertz CT molecular complexity index is 776. The number of halogens is 2. The number of likely N-dealkylation sites (tertiary alicyclic amines) is 1. The van der Waals surface area contributed by atoms with Crippen LogP contribution >= 0.6 is 23.2 Å². The first kappa shape index (κ1) is 19.0. The molecule has 0 aromatic heterocycles. The van der Waals surface area contributed by atoms with Gasteiger partial charge in [0.2, 0.25) is 15.9 Å². The Morgan fingerprint density at radius 3 is 2.60 bits per heavy atom. The Morgan fingerprint density at radius 2 is 1.92 bits per heavy atom. The molecule has 0 radical (unpaired) electrons. The maximum Gasteiger partial charge on any atom is 0.242 e. The van der Waals surface area contributed by atoms with Crippen LogP contribution in [-0.2, 0) is 14.8 Å². The predicted molar refractivity (Wildman–Crippen MR) is 98.5 cm³/mol. The summed E-state index contributed by atoms with van der Waals surface area (Å²) in [6.45, 7) is 2.54. The molecule has 1 aromatic rings. The summed E-state index contributed by atoms with van der Waals surface area (Å²) in [7, 11) is -3.74. The highest BCUT2D eigenvalue weighted by Gasteiger charge is 2.36. The molecule has 5 nitrogen and oxygen atoms in total. The molecule has 0 spiro atoms. The Balaban J connectivity index is 1.65. The van der Waals surface area contributed by atoms with E-state index in [-0.39, 0.29) is 28.3 Å². The molecule has 1 saturated heterocycles. The lowest BCUT2D eigenvalue weighted by atomic mass is 10.1. The minimum absolute atomic E-state index is 0.00459. The molecule has 1 aromatic carbocycles. The number of carbonyl (C=O) groups is 1. The van der Waals surface area contributed by atoms with Gasteiger partial charge in [0.1, 0.15) is 4.90 Å². The molecule has 1 unspecified atom stereocenters. The van der Waals surface area contributed by atoms with Gasteiger partial charge in [-0.3, -0.25) is 4.79 Å². The van der Waals surface area contributed by atoms with Gasteiger partial charge in [-0.2, -0.15) is 0 Å². The first-order valence-corrected chi connectivity index (χ1v) is 10.8. The predicted octanol–water partition coefficient (Wildman–Crippen LogP) is 3.37. The third-order valence-electron chi connectivity index (χ3n) is 5.14. The number of sulfonamides is 1. The van der Waals surface area contributed by atoms with Crippen LogP contribution in [0.4, 0.5) is 0 Å². The van der Waals surface area contributed by atoms with Gasteiger partial charge in [0.15, 0.2) is 0 Å². The Labute approximate surface area is 158 Å². The fourth-order valence-electron chi connectivity index (χ4n) is 3.66. The summed E-state index contributed by atoms with van der Waals surface area (Å²) in [5.74, 6) is 0.131. The summed E-state index contributed by atoms with van der Waals surface area (Å²) in [5, 5.41) is 0.563. The maximum atomic E-state index is 12.6. The number of carbonyl (C=O) groups excluding carboxylic acids is 1. The standard InChI is InChI=1S/C17H22Cl2N2O3S/c1-11-14(18)6-7-15(17(11)19)25(23,24)20-9-12-8-16(22)21(10-12)13-4-2-3-5-13/h6-7,12-13,20H,2-5,8-10H2,1H3. The van der Waals surface area contributed by atoms with Gasteiger partial charge in [0, 0.05) is 30.6 Å². The molecule has 3 rings (SSSR count). The van der Waals surface area contributed by atoms with E-state index < -0.39 is 10.0 Å². The van der Waals surface area contributed by atoms with Crippen molar-refractivity contribution in [3.63, 3.8) is 0 Å². The van der Waals surface area contributed by atoms with Gasteiger partial charge >= 0.3 is 0 Å². The van der Waals surface area contributed by atoms with Crippen LogP contribution in [0.25, 0.3) is 0 Å². The van der Waals surface area contributed by atoms with Gasteiger partial charge < -0.3 is 4.90 Å². The van der Waals surface area contributed by atoms with Crippen LogP contribution in [0, 0.1) is 12.8 Å². The Hall–Kier alpha value is -0.820. The summed E-state index contributed by atoms with van der Waals surface area (Å²) < 4.78 is 27.7. The summed E-state index contributed by atoms with van der Waals surface area (Å²) >= 11 is 12.1. The quantitative estimate of drug-likeness (QED) is 0.817. The van der Waals surface area contributed by atoms with Gasteiger partial charge in [-0.15, -0.1) is 0 Å². The van der Waals surface area contributed by atoms with Gasteiger partial charge in [-0.1, -0.05) is 36.0 Å². The zero-order valence-electron chi connectivity index (χ0n) is 14.1. The third kappa shape index (κ3) is 3.97. The molecule has 2 fully saturated rings. The summed E-state index contributed by atoms with van der Waals surface area (Å²) in [4.78, 5) is 14.2. The molecule has 2 aliphatic rings. The molecule has 1 saturated carbocycles. The molecule has 138 valence electrons. The number of hydrogen-bond acceptors (Lipinski definition) is 3. The molecular weight excluding hydrogens is 383 g/mol. The monoisotopic (exact) mass is 404 g/mol. The second-order valence-electron chi connectivity index (χ2n) is 6.89. The van der Waals surface area contributed by atoms with Crippen LogP contribution in [0.2, 0.25) is 10.0 Å². The summed E-state index contributed by atoms with van der Waals surface area (Å²) in [5.41, 5.74) is 0.537. The molecule has 1 aliphatic heterocycles. The average molecular weight is 405 g/mol. The fourth-order valence-corrected chi connectivity index (χ4v) is 5.59. The minimum atomic E-state index is -3.74. The lowest BCUT2D eigenvalue weighted by molar-refractivity contribution is -0.129. The van der Waals surface area contributed by atoms with E-state index in [1.54, 1.807) is 6.92 Å². The molecule has 25 heavy (non-hydrogen) atoms. The van der Waals surface area contributed by atoms with Crippen molar-refractivity contribution in [1.82, 2.24) is 9.62 Å². The van der Waals surface area contributed by atoms with Gasteiger partial charge in [0.25, 0.3) is 0 Å². The molecule has 1 heterocycles. The average Bonchev–Trinajstić information content (AvgIpc) is 3.20. The lowest BCUT2D eigenvalue weighted by Gasteiger charge is -2.24. The first-order chi connectivity index (χ1) is 11.8. The topological polar surface area (TPSA) is 66.5 Å². The van der Waals surface area contributed by atoms with E-state index in [1.807, 2.05) is 4.90 Å². The summed E-state index contributed by atoms with van der Waals surface area (Å²) in [6.07, 6.45) is 4.85. The Morgan fingerprint density at radius 1 is 1.24 bits per heavy atom. The SMILES string of the molecule is Cc1c(Cl)ccc(S(=O)(=O)NCC2CC(=O)N(C3CCCC3)C2)c1Cl. The second kappa shape index (κ2) is 7.43. The van der Waals surface area contributed by atoms with Crippen molar-refractivity contribution in [2.24, 2.45) is 5.92 Å². The van der Waals surface area contributed by atoms with Gasteiger partial charge in [0.05, 0.1) is 5.02 Å². The fraction of sp³-hybridized carbons (Fsp3) is 0.588. The second-order valence-corrected chi connectivity index (χ2v) is 9.41. The van der Waals surface area contributed by atoms with Crippen molar-refractivity contribution in [1.29, 1.82) is 0 Å². The zero-order chi connectivity index (χ0) is 18.2. The molecule has 1 aliphatic carbocycles. The van der Waals surface area contributed by atoms with Crippen LogP contribution in [0.3, 0.4) is 0 Å². The number of nitrogens with zero attached hydrogens (tertiary/aromatic N) is 1. The van der Waals surface area contributed by atoms with Crippen LogP contribution < -0.4 is 4.72 Å². The van der Waals surface area contributed by atoms with Crippen LogP contribution in [0.15, 0.2) is 17.0 Å². The van der Waals surface area contributed by atoms with E-state index in [1.165, 1.54) is 25.0 Å². The van der Waals surface area contributed by atoms with Crippen molar-refractivity contribution in [2.75, 3.05) is 13.1 Å². The number of hydrogen-bond donors (Lipinski definition) is 1. The summed E-state index contributed by atoms with van der Waals surface area (Å²) in [6, 6.07) is 3.27. The van der Waals surface area contributed by atoms with Crippen molar-refractivity contribution in [3.05, 3.63) is 27.7 Å². The van der Waals surface area contributed by atoms with Crippen molar-refractivity contribution in [3.8, 4) is 0 Å². The van der Waals surface area contributed by atoms with E-state index in [4.69, 9.17) is 23.2 Å². The van der Waals surface area contributed by atoms with E-state index in [0.717, 1.165) is 12.8 Å². The number of amides is 1. The van der Waals surface area contributed by atoms with Crippen molar-refractivity contribution >= 4 is 39.1 Å². The molecule has 1 atom stereocenters. The molecule has 1 amide bonds. The maximum absolute atomic E-state index is 12.6. The molecule has 0 bridgehead atoms. The smallest absolute Gasteiger partial charge is 0.242 e. The van der Waals surface area contributed by atoms with Gasteiger partial charge in [-0.25, -0.2) is 13.1 Å². The van der Waals surface area contributed by atoms with Crippen LogP contribution in [-0.4, -0.2) is 38.4 Å². The normalized spacial score (nSPS) is 22.1. The lowest BCUT2D eigenvalue weighted by Crippen LogP contribution is -2.36. The van der Waals surface area contributed by atoms with Crippen LogP contribution in [0.5, 0.6) is 0 Å². The highest BCUT2D eigenvalue weighted by atomic mass is 35.5. The molecule has 1 N–H and O–H groups in total. The van der Waals surface area contributed by atoms with Crippen molar-refractivity contribution in [2.45, 2.75) is 50.0 Å². The van der Waals surface area contributed by atoms with Gasteiger partial charge in [-0.05, 0) is 43.4 Å². The van der Waals surface area contributed by atoms with E-state index in [2.05, 4.69) is 4.72 Å². The van der Waals surface area contributed by atoms with E-state index in [0.29, 0.717) is 29.6 Å². The highest BCUT2D eigenvalue weighted by Crippen LogP contribution is 2.31. The van der Waals surface area contributed by atoms with Crippen LogP contribution in [0.1, 0.15) is 37.7 Å². The minimum Gasteiger partial charge on any atom is -0.339 e. The number of rotatable bonds is 5. The largest absolute Gasteiger partial charge is 0.339 e. The molecule has 8 heteroatoms. The number of benzene rings is 1. The van der Waals surface area contributed by atoms with Crippen molar-refractivity contribution < 1.29 is 13.2 Å². The number of nitrogens with one attached hydrogen (secondary N) is 1. The highest BCUT2D eigenvalue weighted by molar-refractivity contribution is 7.89.